The molecule has 0 saturated carbocycles. The van der Waals surface area contributed by atoms with Gasteiger partial charge in [-0.1, -0.05) is 5.57 Å². The minimum atomic E-state index is -4.99. The molecule has 1 aromatic carbocycles. The molecule has 1 rings (SSSR count). The molecule has 0 heterocycles. The molecule has 0 aliphatic carbocycles. The van der Waals surface area contributed by atoms with Crippen molar-refractivity contribution in [1.82, 2.24) is 0 Å². The Balaban J connectivity index is 2.99. The minimum absolute atomic E-state index is 0.0439. The zero-order valence-corrected chi connectivity index (χ0v) is 8.36. The monoisotopic (exact) mass is 230 g/mol. The van der Waals surface area contributed by atoms with Crippen molar-refractivity contribution in [1.29, 1.82) is 0 Å². The summed E-state index contributed by atoms with van der Waals surface area (Å²) in [6.07, 6.45) is 0. The van der Waals surface area contributed by atoms with Gasteiger partial charge in [0.25, 0.3) is 5.69 Å². The molecular weight excluding hydrogens is 222 g/mol. The van der Waals surface area contributed by atoms with E-state index in [1.807, 2.05) is 0 Å². The molecule has 0 bridgehead atoms. The van der Waals surface area contributed by atoms with Crippen LogP contribution in [0.5, 0.6) is 0 Å². The number of hydrogen-bond acceptors (Lipinski definition) is 2. The van der Waals surface area contributed by atoms with Crippen molar-refractivity contribution < 1.29 is 17.9 Å². The summed E-state index contributed by atoms with van der Waals surface area (Å²) >= 11 is 0. The summed E-state index contributed by atoms with van der Waals surface area (Å²) in [5, 5.41) is 10.3. The summed E-state index contributed by atoms with van der Waals surface area (Å²) in [5.41, 5.74) is 0.223. The Bertz CT molecular complexity index is 425. The molecule has 0 aromatic heterocycles. The molecule has 86 valence electrons. The normalized spacial score (nSPS) is 12.6. The Labute approximate surface area is 89.8 Å². The minimum Gasteiger partial charge on any atom is -0.445 e. The van der Waals surface area contributed by atoms with Crippen LogP contribution in [0.15, 0.2) is 30.2 Å². The van der Waals surface area contributed by atoms with Gasteiger partial charge in [-0.3, -0.25) is 10.1 Å². The van der Waals surface area contributed by atoms with Gasteiger partial charge in [-0.05, 0) is 24.6 Å². The van der Waals surface area contributed by atoms with Crippen LogP contribution in [0.25, 0.3) is 5.57 Å². The highest BCUT2D eigenvalue weighted by molar-refractivity contribution is 6.65. The Kier molecular flexibility index (Phi) is 3.36. The zero-order valence-electron chi connectivity index (χ0n) is 8.36. The molecule has 16 heavy (non-hydrogen) atoms. The van der Waals surface area contributed by atoms with Crippen molar-refractivity contribution in [2.24, 2.45) is 0 Å². The third-order valence-corrected chi connectivity index (χ3v) is 1.97. The van der Waals surface area contributed by atoms with Crippen molar-refractivity contribution in [2.45, 2.75) is 6.92 Å². The molecule has 0 unspecified atom stereocenters. The summed E-state index contributed by atoms with van der Waals surface area (Å²) in [7, 11) is 0. The van der Waals surface area contributed by atoms with E-state index in [2.05, 4.69) is 0 Å². The molecule has 7 heteroatoms. The average Bonchev–Trinajstić information content (AvgIpc) is 2.15. The number of benzene rings is 1. The first kappa shape index (κ1) is 12.3. The second-order valence-corrected chi connectivity index (χ2v) is 3.28. The molecule has 3 nitrogen and oxygen atoms in total. The van der Waals surface area contributed by atoms with Crippen molar-refractivity contribution >= 4 is 18.2 Å². The molecular formula is C9H8BF3NO2-. The van der Waals surface area contributed by atoms with E-state index < -0.39 is 11.9 Å². The van der Waals surface area contributed by atoms with Crippen LogP contribution >= 0.6 is 0 Å². The van der Waals surface area contributed by atoms with Gasteiger partial charge in [0.05, 0.1) is 4.92 Å². The fraction of sp³-hybridized carbons (Fsp3) is 0.111. The highest BCUT2D eigenvalue weighted by Crippen LogP contribution is 2.22. The fourth-order valence-electron chi connectivity index (χ4n) is 1.23. The molecule has 0 spiro atoms. The van der Waals surface area contributed by atoms with Crippen LogP contribution in [0.4, 0.5) is 18.6 Å². The van der Waals surface area contributed by atoms with Crippen LogP contribution in [-0.4, -0.2) is 11.9 Å². The summed E-state index contributed by atoms with van der Waals surface area (Å²) in [4.78, 5) is 9.72. The molecule has 0 saturated heterocycles. The van der Waals surface area contributed by atoms with Crippen LogP contribution < -0.4 is 0 Å². The largest absolute Gasteiger partial charge is 0.502 e. The smallest absolute Gasteiger partial charge is 0.445 e. The van der Waals surface area contributed by atoms with E-state index in [0.717, 1.165) is 0 Å². The summed E-state index contributed by atoms with van der Waals surface area (Å²) in [5.74, 6) is 0.223. The number of allylic oxidation sites excluding steroid dienone is 1. The maximum absolute atomic E-state index is 12.1. The van der Waals surface area contributed by atoms with Crippen molar-refractivity contribution in [3.05, 3.63) is 45.9 Å². The maximum Gasteiger partial charge on any atom is 0.502 e. The van der Waals surface area contributed by atoms with E-state index in [1.54, 1.807) is 0 Å². The van der Waals surface area contributed by atoms with Gasteiger partial charge < -0.3 is 12.9 Å². The van der Waals surface area contributed by atoms with Gasteiger partial charge in [0.15, 0.2) is 0 Å². The first-order valence-electron chi connectivity index (χ1n) is 4.44. The summed E-state index contributed by atoms with van der Waals surface area (Å²) in [6.45, 7) is -3.68. The summed E-state index contributed by atoms with van der Waals surface area (Å²) in [6, 6.07) is 4.95. The lowest BCUT2D eigenvalue weighted by molar-refractivity contribution is -0.384. The Morgan fingerprint density at radius 2 is 1.81 bits per heavy atom. The van der Waals surface area contributed by atoms with E-state index in [-0.39, 0.29) is 17.2 Å². The quantitative estimate of drug-likeness (QED) is 0.453. The third kappa shape index (κ3) is 3.41. The third-order valence-electron chi connectivity index (χ3n) is 1.97. The zero-order chi connectivity index (χ0) is 12.3. The Hall–Kier alpha value is -1.79. The second kappa shape index (κ2) is 4.38. The van der Waals surface area contributed by atoms with Gasteiger partial charge in [-0.2, -0.15) is 0 Å². The molecule has 0 amide bonds. The molecule has 0 N–H and O–H groups in total. The number of non-ortho nitro benzene ring substituents is 1. The van der Waals surface area contributed by atoms with Crippen molar-refractivity contribution in [3.8, 4) is 0 Å². The van der Waals surface area contributed by atoms with E-state index in [1.165, 1.54) is 31.2 Å². The van der Waals surface area contributed by atoms with Crippen LogP contribution in [0.1, 0.15) is 12.5 Å². The van der Waals surface area contributed by atoms with Gasteiger partial charge in [0.2, 0.25) is 0 Å². The van der Waals surface area contributed by atoms with Gasteiger partial charge in [0.1, 0.15) is 0 Å². The van der Waals surface area contributed by atoms with Crippen molar-refractivity contribution in [2.75, 3.05) is 0 Å². The lowest BCUT2D eigenvalue weighted by Gasteiger charge is -2.10. The van der Waals surface area contributed by atoms with Crippen LogP contribution in [0, 0.1) is 10.1 Å². The second-order valence-electron chi connectivity index (χ2n) is 3.28. The SMILES string of the molecule is C/C(=C\[B-](F)(F)F)c1ccc([N+](=O)[O-])cc1. The maximum atomic E-state index is 12.1. The Morgan fingerprint density at radius 3 is 2.19 bits per heavy atom. The molecule has 0 aliphatic rings. The van der Waals surface area contributed by atoms with Crippen molar-refractivity contribution in [3.63, 3.8) is 0 Å². The van der Waals surface area contributed by atoms with E-state index in [4.69, 9.17) is 0 Å². The first-order valence-corrected chi connectivity index (χ1v) is 4.44. The van der Waals surface area contributed by atoms with Crippen LogP contribution in [0.3, 0.4) is 0 Å². The van der Waals surface area contributed by atoms with E-state index >= 15 is 0 Å². The van der Waals surface area contributed by atoms with E-state index in [0.29, 0.717) is 5.56 Å². The van der Waals surface area contributed by atoms with Crippen LogP contribution in [0.2, 0.25) is 0 Å². The lowest BCUT2D eigenvalue weighted by Crippen LogP contribution is -2.10. The number of rotatable bonds is 3. The predicted molar refractivity (Wildman–Crippen MR) is 55.8 cm³/mol. The highest BCUT2D eigenvalue weighted by Gasteiger charge is 2.19. The first-order chi connectivity index (χ1) is 7.29. The Morgan fingerprint density at radius 1 is 1.31 bits per heavy atom. The number of hydrogen-bond donors (Lipinski definition) is 0. The van der Waals surface area contributed by atoms with Gasteiger partial charge in [-0.25, -0.2) is 0 Å². The fourth-order valence-corrected chi connectivity index (χ4v) is 1.23. The molecule has 0 fully saturated rings. The molecule has 1 aromatic rings. The lowest BCUT2D eigenvalue weighted by atomic mass is 9.87. The number of halogens is 3. The predicted octanol–water partition coefficient (Wildman–Crippen LogP) is 3.38. The number of nitrogens with zero attached hydrogens (tertiary/aromatic N) is 1. The highest BCUT2D eigenvalue weighted by atomic mass is 19.4. The van der Waals surface area contributed by atoms with E-state index in [9.17, 15) is 23.1 Å². The molecule has 0 aliphatic heterocycles. The van der Waals surface area contributed by atoms with Gasteiger partial charge in [-0.15, -0.1) is 5.98 Å². The molecule has 0 radical (unpaired) electrons. The van der Waals surface area contributed by atoms with Gasteiger partial charge >= 0.3 is 6.98 Å². The van der Waals surface area contributed by atoms with Crippen LogP contribution in [-0.2, 0) is 0 Å². The number of nitro groups is 1. The average molecular weight is 230 g/mol. The number of nitro benzene ring substituents is 1. The standard InChI is InChI=1S/C9H8BF3NO2/c1-7(6-10(11,12)13)8-2-4-9(5-3-8)14(15)16/h2-6H,1H3/q-1/b7-6+. The molecule has 0 atom stereocenters. The van der Waals surface area contributed by atoms with Gasteiger partial charge in [0, 0.05) is 12.1 Å². The topological polar surface area (TPSA) is 43.1 Å². The summed E-state index contributed by atoms with van der Waals surface area (Å²) < 4.78 is 36.2.